The van der Waals surface area contributed by atoms with Gasteiger partial charge in [0.1, 0.15) is 12.4 Å². The van der Waals surface area contributed by atoms with Gasteiger partial charge in [0.05, 0.1) is 6.04 Å². The number of ether oxygens (including phenoxy) is 1. The topological polar surface area (TPSA) is 95.9 Å². The van der Waals surface area contributed by atoms with Crippen LogP contribution in [0.5, 0.6) is 0 Å². The molecular weight excluding hydrogens is 391 g/mol. The lowest BCUT2D eigenvalue weighted by atomic mass is 9.94. The second-order valence-electron chi connectivity index (χ2n) is 6.78. The lowest BCUT2D eigenvalue weighted by Crippen LogP contribution is -2.53. The van der Waals surface area contributed by atoms with Crippen molar-refractivity contribution in [1.29, 1.82) is 0 Å². The van der Waals surface area contributed by atoms with Gasteiger partial charge < -0.3 is 20.1 Å². The van der Waals surface area contributed by atoms with Crippen LogP contribution in [0.4, 0.5) is 4.39 Å². The second-order valence-corrected chi connectivity index (χ2v) is 6.78. The van der Waals surface area contributed by atoms with Crippen molar-refractivity contribution in [2.24, 2.45) is 0 Å². The van der Waals surface area contributed by atoms with Gasteiger partial charge in [-0.2, -0.15) is 0 Å². The summed E-state index contributed by atoms with van der Waals surface area (Å²) in [6, 6.07) is 13.6. The highest BCUT2D eigenvalue weighted by Gasteiger charge is 2.40. The van der Waals surface area contributed by atoms with Gasteiger partial charge in [-0.3, -0.25) is 14.4 Å². The molecule has 0 unspecified atom stereocenters. The van der Waals surface area contributed by atoms with Gasteiger partial charge in [0, 0.05) is 13.6 Å². The van der Waals surface area contributed by atoms with Crippen molar-refractivity contribution in [3.8, 4) is 0 Å². The minimum Gasteiger partial charge on any atom is -0.483 e. The molecule has 1 fully saturated rings. The fraction of sp³-hybridized carbons (Fsp3) is 0.318. The Morgan fingerprint density at radius 2 is 1.90 bits per heavy atom. The molecule has 0 bridgehead atoms. The Kier molecular flexibility index (Phi) is 8.49. The van der Waals surface area contributed by atoms with Gasteiger partial charge >= 0.3 is 0 Å². The lowest BCUT2D eigenvalue weighted by molar-refractivity contribution is -0.162. The molecule has 2 atom stereocenters. The molecule has 1 heterocycles. The van der Waals surface area contributed by atoms with Gasteiger partial charge in [-0.15, -0.1) is 0 Å². The van der Waals surface area contributed by atoms with Crippen LogP contribution < -0.4 is 5.32 Å². The molecule has 160 valence electrons. The lowest BCUT2D eigenvalue weighted by Gasteiger charge is -2.38. The maximum Gasteiger partial charge on any atom is 0.290 e. The van der Waals surface area contributed by atoms with Gasteiger partial charge in [-0.1, -0.05) is 42.5 Å². The fourth-order valence-electron chi connectivity index (χ4n) is 3.34. The summed E-state index contributed by atoms with van der Waals surface area (Å²) in [4.78, 5) is 34.8. The van der Waals surface area contributed by atoms with E-state index in [1.165, 1.54) is 6.07 Å². The SMILES string of the molecule is Cc1ccccc1[C@@H]1[C@@H](C(=O)NCCc2ccccc2F)OCC(=O)N1C.O=CO. The average Bonchev–Trinajstić information content (AvgIpc) is 2.72. The van der Waals surface area contributed by atoms with E-state index in [-0.39, 0.29) is 37.3 Å². The van der Waals surface area contributed by atoms with E-state index in [4.69, 9.17) is 14.6 Å². The molecule has 2 aromatic carbocycles. The number of morpholine rings is 1. The minimum absolute atomic E-state index is 0.135. The van der Waals surface area contributed by atoms with Gasteiger partial charge in [0.15, 0.2) is 6.10 Å². The summed E-state index contributed by atoms with van der Waals surface area (Å²) in [5, 5.41) is 9.70. The number of nitrogens with one attached hydrogen (secondary N) is 1. The Balaban J connectivity index is 0.00000101. The summed E-state index contributed by atoms with van der Waals surface area (Å²) in [6.07, 6.45) is -0.427. The molecule has 0 saturated carbocycles. The molecule has 1 saturated heterocycles. The van der Waals surface area contributed by atoms with Crippen molar-refractivity contribution in [3.63, 3.8) is 0 Å². The Hall–Kier alpha value is -3.26. The minimum atomic E-state index is -0.811. The monoisotopic (exact) mass is 416 g/mol. The third-order valence-corrected chi connectivity index (χ3v) is 4.90. The van der Waals surface area contributed by atoms with Crippen LogP contribution in [-0.2, 0) is 25.5 Å². The van der Waals surface area contributed by atoms with Crippen LogP contribution in [0, 0.1) is 12.7 Å². The molecule has 0 aromatic heterocycles. The Morgan fingerprint density at radius 3 is 2.57 bits per heavy atom. The number of hydrogen-bond donors (Lipinski definition) is 2. The number of hydrogen-bond acceptors (Lipinski definition) is 4. The molecule has 30 heavy (non-hydrogen) atoms. The normalized spacial score (nSPS) is 18.2. The van der Waals surface area contributed by atoms with Crippen LogP contribution in [0.3, 0.4) is 0 Å². The number of carboxylic acid groups (broad SMARTS) is 1. The number of amides is 2. The predicted molar refractivity (Wildman–Crippen MR) is 108 cm³/mol. The van der Waals surface area contributed by atoms with Crippen LogP contribution in [0.2, 0.25) is 0 Å². The number of aryl methyl sites for hydroxylation is 1. The van der Waals surface area contributed by atoms with E-state index in [2.05, 4.69) is 5.32 Å². The molecule has 0 radical (unpaired) electrons. The first kappa shape index (κ1) is 23.0. The average molecular weight is 416 g/mol. The van der Waals surface area contributed by atoms with Crippen LogP contribution in [0.15, 0.2) is 48.5 Å². The Morgan fingerprint density at radius 1 is 1.27 bits per heavy atom. The quantitative estimate of drug-likeness (QED) is 0.728. The zero-order valence-corrected chi connectivity index (χ0v) is 16.9. The molecule has 3 rings (SSSR count). The highest BCUT2D eigenvalue weighted by molar-refractivity contribution is 5.86. The summed E-state index contributed by atoms with van der Waals surface area (Å²) >= 11 is 0. The number of nitrogens with zero attached hydrogens (tertiary/aromatic N) is 1. The maximum absolute atomic E-state index is 13.7. The summed E-state index contributed by atoms with van der Waals surface area (Å²) in [5.74, 6) is -0.763. The third-order valence-electron chi connectivity index (χ3n) is 4.90. The molecular formula is C22H25FN2O5. The number of likely N-dealkylation sites (N-methyl/N-ethyl adjacent to an activating group) is 1. The van der Waals surface area contributed by atoms with Crippen LogP contribution >= 0.6 is 0 Å². The molecule has 0 spiro atoms. The van der Waals surface area contributed by atoms with E-state index in [1.807, 2.05) is 31.2 Å². The number of rotatable bonds is 5. The molecule has 2 amide bonds. The van der Waals surface area contributed by atoms with Crippen LogP contribution in [0.25, 0.3) is 0 Å². The fourth-order valence-corrected chi connectivity index (χ4v) is 3.34. The highest BCUT2D eigenvalue weighted by Crippen LogP contribution is 2.31. The first-order chi connectivity index (χ1) is 14.4. The summed E-state index contributed by atoms with van der Waals surface area (Å²) in [5.41, 5.74) is 2.41. The van der Waals surface area contributed by atoms with E-state index in [9.17, 15) is 14.0 Å². The molecule has 8 heteroatoms. The zero-order valence-electron chi connectivity index (χ0n) is 16.9. The van der Waals surface area contributed by atoms with E-state index in [0.717, 1.165) is 11.1 Å². The summed E-state index contributed by atoms with van der Waals surface area (Å²) in [6.45, 7) is 1.84. The first-order valence-corrected chi connectivity index (χ1v) is 9.42. The third kappa shape index (κ3) is 5.64. The van der Waals surface area contributed by atoms with Crippen molar-refractivity contribution < 1.29 is 28.6 Å². The second kappa shape index (κ2) is 11.1. The Bertz CT molecular complexity index is 889. The van der Waals surface area contributed by atoms with Crippen molar-refractivity contribution in [1.82, 2.24) is 10.2 Å². The van der Waals surface area contributed by atoms with Crippen molar-refractivity contribution in [2.75, 3.05) is 20.2 Å². The molecule has 7 nitrogen and oxygen atoms in total. The van der Waals surface area contributed by atoms with Crippen LogP contribution in [-0.4, -0.2) is 54.6 Å². The summed E-state index contributed by atoms with van der Waals surface area (Å²) < 4.78 is 19.3. The van der Waals surface area contributed by atoms with Gasteiger partial charge in [0.2, 0.25) is 5.91 Å². The van der Waals surface area contributed by atoms with E-state index in [1.54, 1.807) is 30.1 Å². The zero-order chi connectivity index (χ0) is 22.1. The van der Waals surface area contributed by atoms with E-state index < -0.39 is 12.1 Å². The molecule has 2 N–H and O–H groups in total. The molecule has 2 aromatic rings. The van der Waals surface area contributed by atoms with Crippen molar-refractivity contribution in [3.05, 3.63) is 71.0 Å². The number of carbonyl (C=O) groups is 3. The highest BCUT2D eigenvalue weighted by atomic mass is 19.1. The molecule has 1 aliphatic heterocycles. The summed E-state index contributed by atoms with van der Waals surface area (Å²) in [7, 11) is 1.68. The van der Waals surface area contributed by atoms with Crippen LogP contribution in [0.1, 0.15) is 22.7 Å². The molecule has 1 aliphatic rings. The van der Waals surface area contributed by atoms with E-state index >= 15 is 0 Å². The maximum atomic E-state index is 13.7. The largest absolute Gasteiger partial charge is 0.483 e. The number of halogens is 1. The standard InChI is InChI=1S/C21H23FN2O3.CH2O2/c1-14-7-3-5-9-16(14)19-20(27-13-18(25)24(19)2)21(26)23-12-11-15-8-4-6-10-17(15)22;2-1-3/h3-10,19-20H,11-13H2,1-2H3,(H,23,26);1H,(H,2,3)/t19-,20+;/m1./s1. The predicted octanol–water partition coefficient (Wildman–Crippen LogP) is 2.09. The van der Waals surface area contributed by atoms with Gasteiger partial charge in [-0.05, 0) is 36.1 Å². The van der Waals surface area contributed by atoms with Gasteiger partial charge in [0.25, 0.3) is 12.4 Å². The van der Waals surface area contributed by atoms with Crippen molar-refractivity contribution in [2.45, 2.75) is 25.5 Å². The number of carbonyl (C=O) groups excluding carboxylic acids is 2. The van der Waals surface area contributed by atoms with E-state index in [0.29, 0.717) is 12.0 Å². The smallest absolute Gasteiger partial charge is 0.290 e. The van der Waals surface area contributed by atoms with Gasteiger partial charge in [-0.25, -0.2) is 4.39 Å². The molecule has 0 aliphatic carbocycles. The Labute approximate surface area is 174 Å². The number of benzene rings is 2. The van der Waals surface area contributed by atoms with Crippen molar-refractivity contribution >= 4 is 18.3 Å². The first-order valence-electron chi connectivity index (χ1n) is 9.42.